The van der Waals surface area contributed by atoms with Crippen LogP contribution in [0, 0.1) is 6.92 Å². The molecule has 2 fully saturated rings. The van der Waals surface area contributed by atoms with Gasteiger partial charge < -0.3 is 24.4 Å². The minimum absolute atomic E-state index is 0.101. The molecule has 8 nitrogen and oxygen atoms in total. The average molecular weight is 506 g/mol. The van der Waals surface area contributed by atoms with E-state index >= 15 is 0 Å². The lowest BCUT2D eigenvalue weighted by atomic mass is 9.94. The van der Waals surface area contributed by atoms with Gasteiger partial charge in [0, 0.05) is 51.5 Å². The van der Waals surface area contributed by atoms with Crippen molar-refractivity contribution >= 4 is 23.1 Å². The van der Waals surface area contributed by atoms with E-state index in [1.165, 1.54) is 0 Å². The molecule has 1 amide bonds. The molecule has 0 bridgehead atoms. The van der Waals surface area contributed by atoms with Crippen molar-refractivity contribution in [3.8, 4) is 5.75 Å². The first kappa shape index (κ1) is 26.4. The number of hydrogen-bond acceptors (Lipinski definition) is 7. The number of carbonyl (C=O) groups is 2. The van der Waals surface area contributed by atoms with Crippen LogP contribution in [0.1, 0.15) is 22.7 Å². The number of anilines is 1. The molecule has 4 rings (SSSR count). The zero-order chi connectivity index (χ0) is 26.5. The Labute approximate surface area is 218 Å². The summed E-state index contributed by atoms with van der Waals surface area (Å²) in [5, 5.41) is 11.4. The van der Waals surface area contributed by atoms with Gasteiger partial charge in [-0.1, -0.05) is 24.8 Å². The molecule has 1 N–H and O–H groups in total. The van der Waals surface area contributed by atoms with E-state index in [2.05, 4.69) is 11.5 Å². The Balaban J connectivity index is 1.73. The van der Waals surface area contributed by atoms with Crippen molar-refractivity contribution in [1.82, 2.24) is 9.80 Å². The second kappa shape index (κ2) is 11.6. The first-order valence-electron chi connectivity index (χ1n) is 12.5. The molecule has 2 saturated heterocycles. The molecule has 0 saturated carbocycles. The molecule has 2 aromatic rings. The van der Waals surface area contributed by atoms with E-state index in [9.17, 15) is 14.7 Å². The molecule has 1 unspecified atom stereocenters. The highest BCUT2D eigenvalue weighted by molar-refractivity contribution is 6.46. The molecular weight excluding hydrogens is 470 g/mol. The Bertz CT molecular complexity index is 1180. The normalized spacial score (nSPS) is 19.8. The van der Waals surface area contributed by atoms with Crippen LogP contribution >= 0.6 is 0 Å². The summed E-state index contributed by atoms with van der Waals surface area (Å²) in [6, 6.07) is 12.3. The summed E-state index contributed by atoms with van der Waals surface area (Å²) in [5.41, 5.74) is 3.14. The van der Waals surface area contributed by atoms with E-state index in [-0.39, 0.29) is 11.3 Å². The number of nitrogens with zero attached hydrogens (tertiary/aromatic N) is 3. The Kier molecular flexibility index (Phi) is 8.31. The van der Waals surface area contributed by atoms with Crippen molar-refractivity contribution in [3.05, 3.63) is 77.4 Å². The van der Waals surface area contributed by atoms with Crippen molar-refractivity contribution in [2.24, 2.45) is 0 Å². The van der Waals surface area contributed by atoms with Crippen LogP contribution in [0.15, 0.2) is 60.7 Å². The van der Waals surface area contributed by atoms with Crippen molar-refractivity contribution in [2.75, 3.05) is 65.0 Å². The van der Waals surface area contributed by atoms with Crippen molar-refractivity contribution in [1.29, 1.82) is 0 Å². The standard InChI is InChI=1S/C29H35N3O5/c1-5-16-37-24-11-8-22(19-20(24)2)27(33)25-26(21-6-9-23(10-7-21)30(3)4)32(29(35)28(25)34)13-12-31-14-17-36-18-15-31/h5-11,19,26,33H,1,12-18H2,2-4H3. The summed E-state index contributed by atoms with van der Waals surface area (Å²) in [6.45, 7) is 9.76. The molecule has 0 spiro atoms. The number of aryl methyl sites for hydroxylation is 1. The molecule has 37 heavy (non-hydrogen) atoms. The van der Waals surface area contributed by atoms with Gasteiger partial charge in [0.2, 0.25) is 0 Å². The Morgan fingerprint density at radius 1 is 1.14 bits per heavy atom. The first-order chi connectivity index (χ1) is 17.8. The Morgan fingerprint density at radius 2 is 1.84 bits per heavy atom. The third-order valence-electron chi connectivity index (χ3n) is 6.83. The molecule has 2 aliphatic heterocycles. The summed E-state index contributed by atoms with van der Waals surface area (Å²) < 4.78 is 11.1. The number of benzene rings is 2. The van der Waals surface area contributed by atoms with E-state index in [4.69, 9.17) is 9.47 Å². The second-order valence-electron chi connectivity index (χ2n) is 9.51. The van der Waals surface area contributed by atoms with Crippen molar-refractivity contribution < 1.29 is 24.2 Å². The zero-order valence-corrected chi connectivity index (χ0v) is 21.8. The Hall–Kier alpha value is -3.62. The van der Waals surface area contributed by atoms with Gasteiger partial charge in [0.15, 0.2) is 0 Å². The van der Waals surface area contributed by atoms with Crippen LogP contribution in [-0.2, 0) is 14.3 Å². The highest BCUT2D eigenvalue weighted by atomic mass is 16.5. The molecule has 0 radical (unpaired) electrons. The maximum atomic E-state index is 13.3. The van der Waals surface area contributed by atoms with Gasteiger partial charge in [-0.2, -0.15) is 0 Å². The SMILES string of the molecule is C=CCOc1ccc(C(O)=C2C(=O)C(=O)N(CCN3CCOCC3)C2c2ccc(N(C)C)cc2)cc1C. The molecule has 8 heteroatoms. The summed E-state index contributed by atoms with van der Waals surface area (Å²) in [5.74, 6) is -0.796. The fourth-order valence-corrected chi connectivity index (χ4v) is 4.75. The van der Waals surface area contributed by atoms with E-state index in [1.54, 1.807) is 29.2 Å². The van der Waals surface area contributed by atoms with Gasteiger partial charge in [0.1, 0.15) is 18.1 Å². The molecule has 2 aromatic carbocycles. The average Bonchev–Trinajstić information content (AvgIpc) is 3.16. The number of carbonyl (C=O) groups excluding carboxylic acids is 2. The van der Waals surface area contributed by atoms with Crippen LogP contribution in [0.25, 0.3) is 5.76 Å². The fraction of sp³-hybridized carbons (Fsp3) is 0.379. The monoisotopic (exact) mass is 505 g/mol. The highest BCUT2D eigenvalue weighted by Crippen LogP contribution is 2.40. The van der Waals surface area contributed by atoms with Gasteiger partial charge in [0.25, 0.3) is 11.7 Å². The number of amides is 1. The molecule has 1 atom stereocenters. The predicted octanol–water partition coefficient (Wildman–Crippen LogP) is 3.38. The van der Waals surface area contributed by atoms with Gasteiger partial charge in [-0.15, -0.1) is 0 Å². The zero-order valence-electron chi connectivity index (χ0n) is 21.8. The lowest BCUT2D eigenvalue weighted by molar-refractivity contribution is -0.140. The van der Waals surface area contributed by atoms with Crippen LogP contribution in [0.3, 0.4) is 0 Å². The van der Waals surface area contributed by atoms with Gasteiger partial charge in [-0.05, 0) is 48.4 Å². The van der Waals surface area contributed by atoms with Crippen molar-refractivity contribution in [3.63, 3.8) is 0 Å². The van der Waals surface area contributed by atoms with E-state index in [1.807, 2.05) is 50.2 Å². The second-order valence-corrected chi connectivity index (χ2v) is 9.51. The van der Waals surface area contributed by atoms with Gasteiger partial charge >= 0.3 is 0 Å². The van der Waals surface area contributed by atoms with Crippen LogP contribution in [0.5, 0.6) is 5.75 Å². The Morgan fingerprint density at radius 3 is 2.46 bits per heavy atom. The third-order valence-corrected chi connectivity index (χ3v) is 6.83. The number of likely N-dealkylation sites (tertiary alicyclic amines) is 1. The molecule has 2 heterocycles. The summed E-state index contributed by atoms with van der Waals surface area (Å²) in [6.07, 6.45) is 1.66. The quantitative estimate of drug-likeness (QED) is 0.242. The van der Waals surface area contributed by atoms with Crippen LogP contribution in [-0.4, -0.2) is 86.7 Å². The molecule has 0 aliphatic carbocycles. The number of Topliss-reactive ketones (excluding diaryl/α,β-unsaturated/α-hetero) is 1. The minimum Gasteiger partial charge on any atom is -0.507 e. The molecular formula is C29H35N3O5. The fourth-order valence-electron chi connectivity index (χ4n) is 4.75. The maximum absolute atomic E-state index is 13.3. The van der Waals surface area contributed by atoms with E-state index in [0.717, 1.165) is 29.9 Å². The van der Waals surface area contributed by atoms with Crippen molar-refractivity contribution in [2.45, 2.75) is 13.0 Å². The summed E-state index contributed by atoms with van der Waals surface area (Å²) in [4.78, 5) is 32.4. The van der Waals surface area contributed by atoms with E-state index < -0.39 is 17.7 Å². The summed E-state index contributed by atoms with van der Waals surface area (Å²) >= 11 is 0. The van der Waals surface area contributed by atoms with Gasteiger partial charge in [0.05, 0.1) is 24.8 Å². The van der Waals surface area contributed by atoms with E-state index in [0.29, 0.717) is 44.2 Å². The highest BCUT2D eigenvalue weighted by Gasteiger charge is 2.46. The third kappa shape index (κ3) is 5.70. The lowest BCUT2D eigenvalue weighted by Gasteiger charge is -2.31. The predicted molar refractivity (Wildman–Crippen MR) is 144 cm³/mol. The first-order valence-corrected chi connectivity index (χ1v) is 12.5. The molecule has 196 valence electrons. The van der Waals surface area contributed by atoms with Gasteiger partial charge in [-0.25, -0.2) is 0 Å². The number of rotatable bonds is 9. The van der Waals surface area contributed by atoms with Crippen LogP contribution in [0.4, 0.5) is 5.69 Å². The molecule has 2 aliphatic rings. The summed E-state index contributed by atoms with van der Waals surface area (Å²) in [7, 11) is 3.91. The number of morpholine rings is 1. The van der Waals surface area contributed by atoms with Gasteiger partial charge in [-0.3, -0.25) is 14.5 Å². The number of ether oxygens (including phenoxy) is 2. The van der Waals surface area contributed by atoms with Crippen LogP contribution < -0.4 is 9.64 Å². The minimum atomic E-state index is -0.686. The maximum Gasteiger partial charge on any atom is 0.295 e. The lowest BCUT2D eigenvalue weighted by Crippen LogP contribution is -2.42. The number of aliphatic hydroxyl groups is 1. The smallest absolute Gasteiger partial charge is 0.295 e. The number of ketones is 1. The van der Waals surface area contributed by atoms with Crippen LogP contribution in [0.2, 0.25) is 0 Å². The number of aliphatic hydroxyl groups excluding tert-OH is 1. The molecule has 0 aromatic heterocycles. The largest absolute Gasteiger partial charge is 0.507 e. The topological polar surface area (TPSA) is 82.5 Å². The number of hydrogen-bond donors (Lipinski definition) is 1.